The highest BCUT2D eigenvalue weighted by Gasteiger charge is 2.27. The fourth-order valence-electron chi connectivity index (χ4n) is 4.66. The average Bonchev–Trinajstić information content (AvgIpc) is 2.92. The van der Waals surface area contributed by atoms with E-state index >= 15 is 0 Å². The number of benzene rings is 3. The maximum Gasteiger partial charge on any atom is 0.322 e. The van der Waals surface area contributed by atoms with E-state index in [2.05, 4.69) is 21.5 Å². The summed E-state index contributed by atoms with van der Waals surface area (Å²) in [5, 5.41) is 2.89. The minimum Gasteiger partial charge on any atom is -0.457 e. The number of carbonyl (C=O) groups excluding carboxylic acids is 1. The third-order valence-electron chi connectivity index (χ3n) is 6.65. The van der Waals surface area contributed by atoms with Crippen molar-refractivity contribution in [2.45, 2.75) is 31.8 Å². The SMILES string of the molecule is C=CCCN(C(=O)Nc1ccc(F)cc1)C1CCN(Cc2ccc(Oc3ccc(NS(C)(=O)=O)cc3)cc2)CC1.Cl. The zero-order chi connectivity index (χ0) is 28.5. The summed E-state index contributed by atoms with van der Waals surface area (Å²) in [6, 6.07) is 20.4. The zero-order valence-electron chi connectivity index (χ0n) is 23.0. The van der Waals surface area contributed by atoms with Gasteiger partial charge in [-0.25, -0.2) is 17.6 Å². The summed E-state index contributed by atoms with van der Waals surface area (Å²) in [6.45, 7) is 6.91. The molecule has 1 aliphatic rings. The Morgan fingerprint density at radius 2 is 1.56 bits per heavy atom. The van der Waals surface area contributed by atoms with Crippen molar-refractivity contribution in [1.82, 2.24) is 9.80 Å². The van der Waals surface area contributed by atoms with Gasteiger partial charge in [-0.15, -0.1) is 19.0 Å². The van der Waals surface area contributed by atoms with Gasteiger partial charge in [0, 0.05) is 43.6 Å². The van der Waals surface area contributed by atoms with Crippen LogP contribution >= 0.6 is 12.4 Å². The Morgan fingerprint density at radius 1 is 1.00 bits per heavy atom. The maximum atomic E-state index is 13.2. The molecule has 1 saturated heterocycles. The van der Waals surface area contributed by atoms with E-state index in [-0.39, 0.29) is 30.3 Å². The third-order valence-corrected chi connectivity index (χ3v) is 7.26. The minimum atomic E-state index is -3.32. The fourth-order valence-corrected chi connectivity index (χ4v) is 5.22. The first-order chi connectivity index (χ1) is 19.2. The molecule has 0 aromatic heterocycles. The molecule has 1 aliphatic heterocycles. The van der Waals surface area contributed by atoms with Crippen molar-refractivity contribution in [3.63, 3.8) is 0 Å². The first-order valence-corrected chi connectivity index (χ1v) is 15.1. The monoisotopic (exact) mass is 602 g/mol. The quantitative estimate of drug-likeness (QED) is 0.245. The second kappa shape index (κ2) is 14.9. The molecule has 2 amide bonds. The van der Waals surface area contributed by atoms with Crippen LogP contribution in [0.5, 0.6) is 11.5 Å². The molecule has 1 heterocycles. The number of hydrogen-bond acceptors (Lipinski definition) is 5. The van der Waals surface area contributed by atoms with E-state index in [1.807, 2.05) is 35.2 Å². The number of sulfonamides is 1. The molecule has 0 radical (unpaired) electrons. The Labute approximate surface area is 247 Å². The lowest BCUT2D eigenvalue weighted by Gasteiger charge is -2.38. The summed E-state index contributed by atoms with van der Waals surface area (Å²) < 4.78 is 44.3. The predicted octanol–water partition coefficient (Wildman–Crippen LogP) is 6.49. The van der Waals surface area contributed by atoms with Crippen molar-refractivity contribution < 1.29 is 22.3 Å². The molecule has 0 saturated carbocycles. The third kappa shape index (κ3) is 10.1. The molecule has 0 bridgehead atoms. The van der Waals surface area contributed by atoms with Crippen molar-refractivity contribution >= 4 is 39.8 Å². The van der Waals surface area contributed by atoms with Gasteiger partial charge in [-0.3, -0.25) is 9.62 Å². The fraction of sp³-hybridized carbons (Fsp3) is 0.300. The molecule has 1 fully saturated rings. The van der Waals surface area contributed by atoms with Crippen molar-refractivity contribution in [3.05, 3.63) is 96.8 Å². The van der Waals surface area contributed by atoms with E-state index in [1.165, 1.54) is 12.1 Å². The topological polar surface area (TPSA) is 91.0 Å². The summed E-state index contributed by atoms with van der Waals surface area (Å²) in [6.07, 6.45) is 5.34. The highest BCUT2D eigenvalue weighted by atomic mass is 35.5. The van der Waals surface area contributed by atoms with Gasteiger partial charge in [0.2, 0.25) is 10.0 Å². The number of piperidine rings is 1. The van der Waals surface area contributed by atoms with Crippen LogP contribution in [0.4, 0.5) is 20.6 Å². The highest BCUT2D eigenvalue weighted by molar-refractivity contribution is 7.92. The van der Waals surface area contributed by atoms with Crippen LogP contribution in [0.1, 0.15) is 24.8 Å². The smallest absolute Gasteiger partial charge is 0.322 e. The number of nitrogens with zero attached hydrogens (tertiary/aromatic N) is 2. The molecule has 0 unspecified atom stereocenters. The molecule has 2 N–H and O–H groups in total. The first-order valence-electron chi connectivity index (χ1n) is 13.2. The van der Waals surface area contributed by atoms with Gasteiger partial charge in [-0.2, -0.15) is 0 Å². The van der Waals surface area contributed by atoms with E-state index in [9.17, 15) is 17.6 Å². The minimum absolute atomic E-state index is 0. The number of ether oxygens (including phenoxy) is 1. The van der Waals surface area contributed by atoms with Gasteiger partial charge in [-0.05, 0) is 85.5 Å². The number of urea groups is 1. The van der Waals surface area contributed by atoms with Gasteiger partial charge in [0.05, 0.1) is 6.26 Å². The molecule has 8 nitrogen and oxygen atoms in total. The van der Waals surface area contributed by atoms with Gasteiger partial charge in [0.25, 0.3) is 0 Å². The molecule has 41 heavy (non-hydrogen) atoms. The summed E-state index contributed by atoms with van der Waals surface area (Å²) in [5.41, 5.74) is 2.21. The molecule has 0 aliphatic carbocycles. The van der Waals surface area contributed by atoms with Crippen LogP contribution in [0.15, 0.2) is 85.5 Å². The molecule has 0 spiro atoms. The van der Waals surface area contributed by atoms with Crippen molar-refractivity contribution in [2.24, 2.45) is 0 Å². The van der Waals surface area contributed by atoms with Gasteiger partial charge >= 0.3 is 6.03 Å². The Hall–Kier alpha value is -3.60. The summed E-state index contributed by atoms with van der Waals surface area (Å²) in [7, 11) is -3.32. The standard InChI is InChI=1S/C30H35FN4O4S.ClH/c1-3-4-19-35(30(36)32-25-9-7-24(31)8-10-25)27-17-20-34(21-18-27)22-23-5-13-28(14-6-23)39-29-15-11-26(12-16-29)33-40(2,37)38;/h3,5-16,27,33H,1,4,17-22H2,2H3,(H,32,36);1H. The Bertz CT molecular complexity index is 1380. The van der Waals surface area contributed by atoms with E-state index < -0.39 is 10.0 Å². The molecule has 4 rings (SSSR count). The lowest BCUT2D eigenvalue weighted by atomic mass is 10.0. The Morgan fingerprint density at radius 3 is 2.12 bits per heavy atom. The molecule has 3 aromatic carbocycles. The number of nitrogens with one attached hydrogen (secondary N) is 2. The van der Waals surface area contributed by atoms with Gasteiger partial charge in [0.15, 0.2) is 0 Å². The maximum absolute atomic E-state index is 13.2. The predicted molar refractivity (Wildman–Crippen MR) is 164 cm³/mol. The molecule has 0 atom stereocenters. The lowest BCUT2D eigenvalue weighted by Crippen LogP contribution is -2.49. The van der Waals surface area contributed by atoms with Crippen LogP contribution in [-0.2, 0) is 16.6 Å². The zero-order valence-corrected chi connectivity index (χ0v) is 24.6. The number of hydrogen-bond donors (Lipinski definition) is 2. The van der Waals surface area contributed by atoms with Crippen LogP contribution in [0.25, 0.3) is 0 Å². The van der Waals surface area contributed by atoms with Crippen LogP contribution in [0.2, 0.25) is 0 Å². The molecule has 220 valence electrons. The molecular weight excluding hydrogens is 567 g/mol. The van der Waals surface area contributed by atoms with E-state index in [0.717, 1.165) is 44.3 Å². The number of likely N-dealkylation sites (tertiary alicyclic amines) is 1. The van der Waals surface area contributed by atoms with Crippen LogP contribution in [-0.4, -0.2) is 56.2 Å². The molecular formula is C30H36ClFN4O4S. The second-order valence-corrected chi connectivity index (χ2v) is 11.6. The van der Waals surface area contributed by atoms with E-state index in [0.29, 0.717) is 35.8 Å². The van der Waals surface area contributed by atoms with Gasteiger partial charge in [0.1, 0.15) is 17.3 Å². The first kappa shape index (κ1) is 31.9. The van der Waals surface area contributed by atoms with E-state index in [1.54, 1.807) is 36.4 Å². The van der Waals surface area contributed by atoms with Gasteiger partial charge < -0.3 is 15.0 Å². The largest absolute Gasteiger partial charge is 0.457 e. The average molecular weight is 603 g/mol. The molecule has 3 aromatic rings. The highest BCUT2D eigenvalue weighted by Crippen LogP contribution is 2.25. The van der Waals surface area contributed by atoms with Crippen LogP contribution in [0.3, 0.4) is 0 Å². The summed E-state index contributed by atoms with van der Waals surface area (Å²) >= 11 is 0. The van der Waals surface area contributed by atoms with Crippen molar-refractivity contribution in [1.29, 1.82) is 0 Å². The van der Waals surface area contributed by atoms with Crippen molar-refractivity contribution in [2.75, 3.05) is 35.9 Å². The van der Waals surface area contributed by atoms with Crippen molar-refractivity contribution in [3.8, 4) is 11.5 Å². The Kier molecular flexibility index (Phi) is 11.6. The number of amides is 2. The summed E-state index contributed by atoms with van der Waals surface area (Å²) in [5.74, 6) is 0.960. The second-order valence-electron chi connectivity index (χ2n) is 9.86. The molecule has 11 heteroatoms. The lowest BCUT2D eigenvalue weighted by molar-refractivity contribution is 0.124. The van der Waals surface area contributed by atoms with Crippen LogP contribution < -0.4 is 14.8 Å². The van der Waals surface area contributed by atoms with Crippen LogP contribution in [0, 0.1) is 5.82 Å². The number of halogens is 2. The number of carbonyl (C=O) groups is 1. The number of anilines is 2. The van der Waals surface area contributed by atoms with E-state index in [4.69, 9.17) is 4.74 Å². The number of rotatable bonds is 11. The summed E-state index contributed by atoms with van der Waals surface area (Å²) in [4.78, 5) is 17.3. The Balaban J connectivity index is 0.00000462. The van der Waals surface area contributed by atoms with Gasteiger partial charge in [-0.1, -0.05) is 18.2 Å². The normalized spacial score (nSPS) is 14.0.